The van der Waals surface area contributed by atoms with E-state index in [4.69, 9.17) is 5.73 Å². The Balaban J connectivity index is 1.90. The summed E-state index contributed by atoms with van der Waals surface area (Å²) in [5.41, 5.74) is 7.17. The molecule has 1 unspecified atom stereocenters. The number of hydrogen-bond acceptors (Lipinski definition) is 4. The topological polar surface area (TPSA) is 41.3 Å². The Hall–Kier alpha value is -1.34. The van der Waals surface area contributed by atoms with Gasteiger partial charge in [-0.15, -0.1) is 12.6 Å². The lowest BCUT2D eigenvalue weighted by Gasteiger charge is -2.21. The third-order valence-corrected chi connectivity index (χ3v) is 4.68. The Labute approximate surface area is 132 Å². The molecule has 1 fully saturated rings. The zero-order valence-corrected chi connectivity index (χ0v) is 12.8. The first-order valence-corrected chi connectivity index (χ1v) is 7.81. The molecule has 2 aliphatic heterocycles. The van der Waals surface area contributed by atoms with Gasteiger partial charge in [0, 0.05) is 29.4 Å². The van der Waals surface area contributed by atoms with Crippen molar-refractivity contribution in [2.45, 2.75) is 30.7 Å². The molecule has 0 bridgehead atoms. The van der Waals surface area contributed by atoms with Gasteiger partial charge in [-0.2, -0.15) is 0 Å². The van der Waals surface area contributed by atoms with Crippen LogP contribution in [-0.2, 0) is 0 Å². The normalized spacial score (nSPS) is 24.0. The lowest BCUT2D eigenvalue weighted by molar-refractivity contribution is 0.364. The van der Waals surface area contributed by atoms with Gasteiger partial charge in [-0.05, 0) is 37.9 Å². The van der Waals surface area contributed by atoms with E-state index >= 15 is 0 Å². The summed E-state index contributed by atoms with van der Waals surface area (Å²) in [4.78, 5) is 1.98. The van der Waals surface area contributed by atoms with Crippen LogP contribution >= 0.6 is 12.6 Å². The maximum absolute atomic E-state index is 14.0. The summed E-state index contributed by atoms with van der Waals surface area (Å²) >= 11 is 4.45. The predicted molar refractivity (Wildman–Crippen MR) is 81.6 cm³/mol. The van der Waals surface area contributed by atoms with Gasteiger partial charge in [-0.1, -0.05) is 0 Å². The van der Waals surface area contributed by atoms with Crippen molar-refractivity contribution in [1.82, 2.24) is 10.2 Å². The first-order chi connectivity index (χ1) is 10.5. The number of thiol groups is 1. The summed E-state index contributed by atoms with van der Waals surface area (Å²) in [6, 6.07) is 1.80. The molecule has 0 radical (unpaired) electrons. The lowest BCUT2D eigenvalue weighted by atomic mass is 9.95. The average Bonchev–Trinajstić information content (AvgIpc) is 3.03. The summed E-state index contributed by atoms with van der Waals surface area (Å²) in [5.74, 6) is -3.20. The van der Waals surface area contributed by atoms with E-state index in [2.05, 4.69) is 17.9 Å². The second-order valence-electron chi connectivity index (χ2n) is 5.65. The summed E-state index contributed by atoms with van der Waals surface area (Å²) < 4.78 is 41.4. The molecule has 3 N–H and O–H groups in total. The number of fused-ring (bicyclic) bond motifs is 1. The van der Waals surface area contributed by atoms with E-state index in [1.807, 2.05) is 4.90 Å². The smallest absolute Gasteiger partial charge is 0.165 e. The minimum atomic E-state index is -1.08. The van der Waals surface area contributed by atoms with Crippen molar-refractivity contribution >= 4 is 12.6 Å². The second kappa shape index (κ2) is 6.04. The van der Waals surface area contributed by atoms with Gasteiger partial charge >= 0.3 is 0 Å². The standard InChI is InChI=1S/C15H18F3N3S/c16-9-3-4-10(17)14(18)13(9)8-6-12-11(2-1-5-19)20-15(22)21(12)7-8/h3-4,8,15,20,22H,1-2,5-7,19H2/t8-,15?/m0/s1. The van der Waals surface area contributed by atoms with Crippen LogP contribution in [0.3, 0.4) is 0 Å². The molecule has 2 heterocycles. The number of rotatable bonds is 4. The first kappa shape index (κ1) is 15.6. The first-order valence-electron chi connectivity index (χ1n) is 7.29. The fourth-order valence-corrected chi connectivity index (χ4v) is 3.62. The maximum atomic E-state index is 14.0. The van der Waals surface area contributed by atoms with Crippen LogP contribution in [0.4, 0.5) is 13.2 Å². The van der Waals surface area contributed by atoms with Gasteiger partial charge in [0.15, 0.2) is 11.6 Å². The van der Waals surface area contributed by atoms with Crippen molar-refractivity contribution < 1.29 is 13.2 Å². The number of nitrogens with two attached hydrogens (primary N) is 1. The predicted octanol–water partition coefficient (Wildman–Crippen LogP) is 2.66. The molecule has 0 spiro atoms. The average molecular weight is 329 g/mol. The third-order valence-electron chi connectivity index (χ3n) is 4.27. The number of allylic oxidation sites excluding steroid dienone is 2. The Kier molecular flexibility index (Phi) is 4.27. The van der Waals surface area contributed by atoms with Gasteiger partial charge in [-0.25, -0.2) is 13.2 Å². The van der Waals surface area contributed by atoms with E-state index < -0.39 is 23.4 Å². The number of nitrogens with zero attached hydrogens (tertiary/aromatic N) is 1. The van der Waals surface area contributed by atoms with Crippen LogP contribution in [0.15, 0.2) is 23.5 Å². The maximum Gasteiger partial charge on any atom is 0.165 e. The fourth-order valence-electron chi connectivity index (χ4n) is 3.23. The van der Waals surface area contributed by atoms with Crippen molar-refractivity contribution in [3.63, 3.8) is 0 Å². The van der Waals surface area contributed by atoms with Crippen molar-refractivity contribution in [3.8, 4) is 0 Å². The lowest BCUT2D eigenvalue weighted by Crippen LogP contribution is -2.32. The quantitative estimate of drug-likeness (QED) is 0.588. The summed E-state index contributed by atoms with van der Waals surface area (Å²) in [5, 5.41) is 3.26. The van der Waals surface area contributed by atoms with Crippen molar-refractivity contribution in [1.29, 1.82) is 0 Å². The van der Waals surface area contributed by atoms with E-state index in [1.54, 1.807) is 0 Å². The molecular formula is C15H18F3N3S. The molecular weight excluding hydrogens is 311 g/mol. The van der Waals surface area contributed by atoms with Crippen LogP contribution in [0, 0.1) is 17.5 Å². The van der Waals surface area contributed by atoms with Crippen molar-refractivity contribution in [2.75, 3.05) is 13.1 Å². The number of hydrogen-bond donors (Lipinski definition) is 3. The van der Waals surface area contributed by atoms with Gasteiger partial charge in [0.2, 0.25) is 0 Å². The van der Waals surface area contributed by atoms with Gasteiger partial charge in [-0.3, -0.25) is 0 Å². The summed E-state index contributed by atoms with van der Waals surface area (Å²) in [7, 11) is 0. The molecule has 0 amide bonds. The minimum absolute atomic E-state index is 0.166. The highest BCUT2D eigenvalue weighted by Crippen LogP contribution is 2.42. The SMILES string of the molecule is NCCCC1=C2C[C@H](c3c(F)ccc(F)c3F)CN2C(S)N1. The molecule has 1 aromatic rings. The Morgan fingerprint density at radius 1 is 1.27 bits per heavy atom. The number of nitrogens with one attached hydrogen (secondary N) is 1. The fraction of sp³-hybridized carbons (Fsp3) is 0.467. The van der Waals surface area contributed by atoms with E-state index in [1.165, 1.54) is 0 Å². The summed E-state index contributed by atoms with van der Waals surface area (Å²) in [6.45, 7) is 0.992. The van der Waals surface area contributed by atoms with Gasteiger partial charge in [0.1, 0.15) is 11.3 Å². The molecule has 3 rings (SSSR count). The van der Waals surface area contributed by atoms with Crippen LogP contribution in [-0.4, -0.2) is 23.5 Å². The Bertz CT molecular complexity index is 620. The molecule has 0 aliphatic carbocycles. The highest BCUT2D eigenvalue weighted by molar-refractivity contribution is 7.80. The largest absolute Gasteiger partial charge is 0.359 e. The van der Waals surface area contributed by atoms with Gasteiger partial charge in [0.05, 0.1) is 0 Å². The summed E-state index contributed by atoms with van der Waals surface area (Å²) in [6.07, 6.45) is 2.08. The molecule has 2 aliphatic rings. The molecule has 120 valence electrons. The molecule has 3 nitrogen and oxygen atoms in total. The highest BCUT2D eigenvalue weighted by atomic mass is 32.1. The van der Waals surface area contributed by atoms with Crippen LogP contribution in [0.5, 0.6) is 0 Å². The van der Waals surface area contributed by atoms with Crippen LogP contribution in [0.25, 0.3) is 0 Å². The van der Waals surface area contributed by atoms with E-state index in [9.17, 15) is 13.2 Å². The highest BCUT2D eigenvalue weighted by Gasteiger charge is 2.39. The molecule has 0 saturated carbocycles. The van der Waals surface area contributed by atoms with Crippen LogP contribution < -0.4 is 11.1 Å². The molecule has 7 heteroatoms. The third kappa shape index (κ3) is 2.56. The van der Waals surface area contributed by atoms with Crippen molar-refractivity contribution in [3.05, 3.63) is 46.5 Å². The monoisotopic (exact) mass is 329 g/mol. The van der Waals surface area contributed by atoms with Crippen LogP contribution in [0.2, 0.25) is 0 Å². The minimum Gasteiger partial charge on any atom is -0.359 e. The number of halogens is 3. The molecule has 2 atom stereocenters. The van der Waals surface area contributed by atoms with E-state index in [0.29, 0.717) is 19.5 Å². The second-order valence-corrected chi connectivity index (χ2v) is 6.13. The van der Waals surface area contributed by atoms with Crippen molar-refractivity contribution in [2.24, 2.45) is 5.73 Å². The van der Waals surface area contributed by atoms with Gasteiger partial charge < -0.3 is 16.0 Å². The zero-order valence-electron chi connectivity index (χ0n) is 12.0. The Morgan fingerprint density at radius 2 is 2.00 bits per heavy atom. The molecule has 1 saturated heterocycles. The number of benzene rings is 1. The molecule has 22 heavy (non-hydrogen) atoms. The van der Waals surface area contributed by atoms with Crippen LogP contribution in [0.1, 0.15) is 30.7 Å². The zero-order chi connectivity index (χ0) is 15.9. The Morgan fingerprint density at radius 3 is 2.73 bits per heavy atom. The van der Waals surface area contributed by atoms with Gasteiger partial charge in [0.25, 0.3) is 0 Å². The van der Waals surface area contributed by atoms with E-state index in [0.717, 1.165) is 36.4 Å². The van der Waals surface area contributed by atoms with E-state index in [-0.39, 0.29) is 11.1 Å². The molecule has 1 aromatic carbocycles. The molecule has 0 aromatic heterocycles.